The molecule has 3 aromatic rings. The van der Waals surface area contributed by atoms with Gasteiger partial charge in [-0.05, 0) is 18.2 Å². The van der Waals surface area contributed by atoms with Gasteiger partial charge in [0.2, 0.25) is 10.1 Å². The van der Waals surface area contributed by atoms with Crippen LogP contribution in [0.3, 0.4) is 0 Å². The van der Waals surface area contributed by atoms with Gasteiger partial charge in [-0.25, -0.2) is 9.37 Å². The van der Waals surface area contributed by atoms with E-state index in [1.807, 2.05) is 0 Å². The molecule has 4 rings (SSSR count). The fourth-order valence-electron chi connectivity index (χ4n) is 2.47. The third-order valence-electron chi connectivity index (χ3n) is 3.48. The van der Waals surface area contributed by atoms with Crippen molar-refractivity contribution < 1.29 is 9.13 Å². The molecule has 1 aromatic carbocycles. The van der Waals surface area contributed by atoms with Crippen LogP contribution >= 0.6 is 11.3 Å². The number of rotatable bonds is 2. The minimum atomic E-state index is -0.307. The van der Waals surface area contributed by atoms with Gasteiger partial charge in [0.1, 0.15) is 11.6 Å². The molecule has 6 nitrogen and oxygen atoms in total. The van der Waals surface area contributed by atoms with Crippen molar-refractivity contribution in [3.63, 3.8) is 0 Å². The number of halogens is 1. The standard InChI is InChI=1S/C14H11FN4O2S/c15-8-1-2-11-9(7-8)10(4-6-21-11)17-13-18-19-12(20)3-5-16-14(19)22-13/h1-3,5,7,10H,4,6H2,(H,17,18). The lowest BCUT2D eigenvalue weighted by Gasteiger charge is -2.26. The Balaban J connectivity index is 1.70. The van der Waals surface area contributed by atoms with Gasteiger partial charge in [-0.1, -0.05) is 11.3 Å². The lowest BCUT2D eigenvalue weighted by atomic mass is 10.0. The molecule has 22 heavy (non-hydrogen) atoms. The summed E-state index contributed by atoms with van der Waals surface area (Å²) in [6.45, 7) is 0.541. The molecule has 0 fully saturated rings. The average molecular weight is 318 g/mol. The van der Waals surface area contributed by atoms with E-state index in [0.29, 0.717) is 28.9 Å². The van der Waals surface area contributed by atoms with E-state index in [1.165, 1.54) is 40.2 Å². The Morgan fingerprint density at radius 3 is 3.18 bits per heavy atom. The maximum Gasteiger partial charge on any atom is 0.275 e. The van der Waals surface area contributed by atoms with Gasteiger partial charge < -0.3 is 10.1 Å². The van der Waals surface area contributed by atoms with E-state index in [2.05, 4.69) is 15.4 Å². The second kappa shape index (κ2) is 5.06. The number of nitrogens with one attached hydrogen (secondary N) is 1. The fraction of sp³-hybridized carbons (Fsp3) is 0.214. The summed E-state index contributed by atoms with van der Waals surface area (Å²) in [7, 11) is 0. The van der Waals surface area contributed by atoms with Gasteiger partial charge in [0.05, 0.1) is 12.6 Å². The highest BCUT2D eigenvalue weighted by molar-refractivity contribution is 7.20. The van der Waals surface area contributed by atoms with Crippen molar-refractivity contribution in [1.29, 1.82) is 0 Å². The second-order valence-electron chi connectivity index (χ2n) is 4.90. The Kier molecular flexibility index (Phi) is 3.04. The Labute approximate surface area is 128 Å². The molecule has 0 spiro atoms. The molecule has 0 saturated carbocycles. The summed E-state index contributed by atoms with van der Waals surface area (Å²) in [5.41, 5.74) is 0.526. The molecule has 1 atom stereocenters. The quantitative estimate of drug-likeness (QED) is 0.785. The fourth-order valence-corrected chi connectivity index (χ4v) is 3.29. The SMILES string of the molecule is O=c1ccnc2sc(NC3CCOc4ccc(F)cc43)nn12. The summed E-state index contributed by atoms with van der Waals surface area (Å²) in [5, 5.41) is 8.03. The summed E-state index contributed by atoms with van der Waals surface area (Å²) in [5.74, 6) is 0.361. The van der Waals surface area contributed by atoms with E-state index >= 15 is 0 Å². The van der Waals surface area contributed by atoms with Gasteiger partial charge in [-0.2, -0.15) is 4.52 Å². The monoisotopic (exact) mass is 318 g/mol. The normalized spacial score (nSPS) is 17.0. The van der Waals surface area contributed by atoms with Gasteiger partial charge in [0, 0.05) is 24.2 Å². The Morgan fingerprint density at radius 1 is 1.41 bits per heavy atom. The first-order valence-electron chi connectivity index (χ1n) is 6.74. The highest BCUT2D eigenvalue weighted by atomic mass is 32.1. The van der Waals surface area contributed by atoms with E-state index in [9.17, 15) is 9.18 Å². The number of nitrogens with zero attached hydrogens (tertiary/aromatic N) is 3. The van der Waals surface area contributed by atoms with Crippen molar-refractivity contribution in [2.24, 2.45) is 0 Å². The van der Waals surface area contributed by atoms with Crippen molar-refractivity contribution in [2.75, 3.05) is 11.9 Å². The molecule has 0 amide bonds. The van der Waals surface area contributed by atoms with Gasteiger partial charge in [0.15, 0.2) is 0 Å². The number of hydrogen-bond donors (Lipinski definition) is 1. The zero-order valence-electron chi connectivity index (χ0n) is 11.3. The topological polar surface area (TPSA) is 68.5 Å². The van der Waals surface area contributed by atoms with E-state index in [1.54, 1.807) is 6.07 Å². The lowest BCUT2D eigenvalue weighted by Crippen LogP contribution is -2.21. The third kappa shape index (κ3) is 2.21. The summed E-state index contributed by atoms with van der Waals surface area (Å²) in [4.78, 5) is 16.3. The molecule has 3 heterocycles. The molecule has 1 unspecified atom stereocenters. The van der Waals surface area contributed by atoms with Gasteiger partial charge in [-0.15, -0.1) is 5.10 Å². The van der Waals surface area contributed by atoms with Gasteiger partial charge in [-0.3, -0.25) is 4.79 Å². The number of benzene rings is 1. The van der Waals surface area contributed by atoms with Gasteiger partial charge in [0.25, 0.3) is 5.56 Å². The molecule has 1 N–H and O–H groups in total. The van der Waals surface area contributed by atoms with Crippen molar-refractivity contribution in [1.82, 2.24) is 14.6 Å². The van der Waals surface area contributed by atoms with Crippen LogP contribution in [0.5, 0.6) is 5.75 Å². The molecule has 0 saturated heterocycles. The largest absolute Gasteiger partial charge is 0.493 e. The second-order valence-corrected chi connectivity index (χ2v) is 5.86. The number of aromatic nitrogens is 3. The predicted molar refractivity (Wildman–Crippen MR) is 80.0 cm³/mol. The average Bonchev–Trinajstić information content (AvgIpc) is 2.92. The van der Waals surface area contributed by atoms with E-state index in [-0.39, 0.29) is 17.4 Å². The van der Waals surface area contributed by atoms with Crippen LogP contribution in [-0.2, 0) is 0 Å². The third-order valence-corrected chi connectivity index (χ3v) is 4.33. The van der Waals surface area contributed by atoms with E-state index in [0.717, 1.165) is 5.56 Å². The lowest BCUT2D eigenvalue weighted by molar-refractivity contribution is 0.273. The zero-order valence-corrected chi connectivity index (χ0v) is 12.1. The van der Waals surface area contributed by atoms with Gasteiger partial charge >= 0.3 is 0 Å². The minimum absolute atomic E-state index is 0.115. The van der Waals surface area contributed by atoms with E-state index < -0.39 is 0 Å². The smallest absolute Gasteiger partial charge is 0.275 e. The molecular weight excluding hydrogens is 307 g/mol. The van der Waals surface area contributed by atoms with Crippen LogP contribution in [0.15, 0.2) is 35.3 Å². The van der Waals surface area contributed by atoms with Crippen LogP contribution in [0.1, 0.15) is 18.0 Å². The molecule has 1 aliphatic heterocycles. The van der Waals surface area contributed by atoms with Crippen LogP contribution in [0, 0.1) is 5.82 Å². The highest BCUT2D eigenvalue weighted by Crippen LogP contribution is 2.35. The number of anilines is 1. The Bertz CT molecular complexity index is 907. The molecule has 0 radical (unpaired) electrons. The molecule has 2 aromatic heterocycles. The number of fused-ring (bicyclic) bond motifs is 2. The maximum atomic E-state index is 13.5. The molecule has 8 heteroatoms. The zero-order chi connectivity index (χ0) is 15.1. The van der Waals surface area contributed by atoms with Crippen LogP contribution in [-0.4, -0.2) is 21.2 Å². The summed E-state index contributed by atoms with van der Waals surface area (Å²) < 4.78 is 20.3. The first-order chi connectivity index (χ1) is 10.7. The molecular formula is C14H11FN4O2S. The van der Waals surface area contributed by atoms with Crippen LogP contribution < -0.4 is 15.6 Å². The Morgan fingerprint density at radius 2 is 2.32 bits per heavy atom. The Hall–Kier alpha value is -2.48. The minimum Gasteiger partial charge on any atom is -0.493 e. The summed E-state index contributed by atoms with van der Waals surface area (Å²) in [6.07, 6.45) is 2.15. The highest BCUT2D eigenvalue weighted by Gasteiger charge is 2.23. The molecule has 0 aliphatic carbocycles. The van der Waals surface area contributed by atoms with Crippen molar-refractivity contribution in [3.8, 4) is 5.75 Å². The predicted octanol–water partition coefficient (Wildman–Crippen LogP) is 2.23. The number of hydrogen-bond acceptors (Lipinski definition) is 6. The molecule has 112 valence electrons. The van der Waals surface area contributed by atoms with Crippen molar-refractivity contribution in [2.45, 2.75) is 12.5 Å². The summed E-state index contributed by atoms with van der Waals surface area (Å²) in [6, 6.07) is 5.71. The van der Waals surface area contributed by atoms with Crippen LogP contribution in [0.25, 0.3) is 4.96 Å². The first kappa shape index (κ1) is 13.2. The molecule has 1 aliphatic rings. The number of ether oxygens (including phenoxy) is 1. The maximum absolute atomic E-state index is 13.5. The molecule has 0 bridgehead atoms. The first-order valence-corrected chi connectivity index (χ1v) is 7.56. The van der Waals surface area contributed by atoms with Crippen molar-refractivity contribution in [3.05, 3.63) is 52.2 Å². The van der Waals surface area contributed by atoms with Crippen LogP contribution in [0.4, 0.5) is 9.52 Å². The van der Waals surface area contributed by atoms with Crippen LogP contribution in [0.2, 0.25) is 0 Å². The van der Waals surface area contributed by atoms with E-state index in [4.69, 9.17) is 4.74 Å². The summed E-state index contributed by atoms with van der Waals surface area (Å²) >= 11 is 1.28. The van der Waals surface area contributed by atoms with Crippen molar-refractivity contribution >= 4 is 21.4 Å².